The first-order chi connectivity index (χ1) is 13.1. The van der Waals surface area contributed by atoms with Crippen molar-refractivity contribution in [3.05, 3.63) is 71.8 Å². The first kappa shape index (κ1) is 18.6. The van der Waals surface area contributed by atoms with Crippen molar-refractivity contribution in [2.24, 2.45) is 10.8 Å². The predicted octanol–water partition coefficient (Wildman–Crippen LogP) is 1.76. The smallest absolute Gasteiger partial charge is 0.0949 e. The highest BCUT2D eigenvalue weighted by Gasteiger charge is 2.66. The summed E-state index contributed by atoms with van der Waals surface area (Å²) in [5.41, 5.74) is 0.0480. The van der Waals surface area contributed by atoms with Crippen LogP contribution < -0.4 is 0 Å². The predicted molar refractivity (Wildman–Crippen MR) is 102 cm³/mol. The van der Waals surface area contributed by atoms with Crippen molar-refractivity contribution in [2.75, 3.05) is 33.4 Å². The first-order valence-corrected chi connectivity index (χ1v) is 9.41. The largest absolute Gasteiger partial charge is 0.396 e. The van der Waals surface area contributed by atoms with Crippen LogP contribution in [0.25, 0.3) is 0 Å². The number of likely N-dealkylation sites (tertiary alicyclic amines) is 1. The van der Waals surface area contributed by atoms with Gasteiger partial charge in [0.05, 0.1) is 42.4 Å². The molecule has 2 aliphatic rings. The maximum absolute atomic E-state index is 11.5. The SMILES string of the molecule is CN1C[C@@]2(CO)C(O)[C@](CO)(C1)[C@H](c1ccccc1)O[C@@H]2c1ccccc1. The Labute approximate surface area is 159 Å². The Kier molecular flexibility index (Phi) is 4.82. The van der Waals surface area contributed by atoms with E-state index in [4.69, 9.17) is 4.74 Å². The van der Waals surface area contributed by atoms with Crippen LogP contribution in [0.1, 0.15) is 23.3 Å². The molecule has 2 aromatic carbocycles. The number of aliphatic hydroxyl groups excluding tert-OH is 3. The summed E-state index contributed by atoms with van der Waals surface area (Å²) in [6, 6.07) is 19.5. The maximum atomic E-state index is 11.5. The van der Waals surface area contributed by atoms with Gasteiger partial charge in [-0.2, -0.15) is 0 Å². The number of piperidine rings is 1. The van der Waals surface area contributed by atoms with E-state index in [0.717, 1.165) is 11.1 Å². The van der Waals surface area contributed by atoms with Crippen LogP contribution >= 0.6 is 0 Å². The molecule has 0 radical (unpaired) electrons. The van der Waals surface area contributed by atoms with Crippen LogP contribution in [0.4, 0.5) is 0 Å². The van der Waals surface area contributed by atoms with Crippen molar-refractivity contribution in [3.8, 4) is 0 Å². The van der Waals surface area contributed by atoms with Gasteiger partial charge in [0.15, 0.2) is 0 Å². The van der Waals surface area contributed by atoms with Gasteiger partial charge >= 0.3 is 0 Å². The van der Waals surface area contributed by atoms with Gasteiger partial charge in [-0.05, 0) is 18.2 Å². The molecule has 2 aliphatic heterocycles. The third kappa shape index (κ3) is 2.73. The number of aliphatic hydroxyl groups is 3. The fraction of sp³-hybridized carbons (Fsp3) is 0.455. The minimum Gasteiger partial charge on any atom is -0.396 e. The molecule has 2 fully saturated rings. The number of hydrogen-bond acceptors (Lipinski definition) is 5. The summed E-state index contributed by atoms with van der Waals surface area (Å²) in [6.07, 6.45) is -1.86. The van der Waals surface area contributed by atoms with E-state index in [1.165, 1.54) is 0 Å². The summed E-state index contributed by atoms with van der Waals surface area (Å²) < 4.78 is 6.63. The minimum atomic E-state index is -0.902. The Morgan fingerprint density at radius 3 is 1.63 bits per heavy atom. The quantitative estimate of drug-likeness (QED) is 0.766. The number of rotatable bonds is 4. The Hall–Kier alpha value is -1.76. The van der Waals surface area contributed by atoms with E-state index in [9.17, 15) is 15.3 Å². The molecular formula is C22H27NO4. The van der Waals surface area contributed by atoms with Gasteiger partial charge in [0.1, 0.15) is 0 Å². The molecule has 27 heavy (non-hydrogen) atoms. The highest BCUT2D eigenvalue weighted by atomic mass is 16.5. The number of nitrogens with zero attached hydrogens (tertiary/aromatic N) is 1. The Balaban J connectivity index is 1.89. The van der Waals surface area contributed by atoms with E-state index in [1.54, 1.807) is 0 Å². The second-order valence-electron chi connectivity index (χ2n) is 8.07. The van der Waals surface area contributed by atoms with E-state index >= 15 is 0 Å². The van der Waals surface area contributed by atoms with Crippen LogP contribution in [0.5, 0.6) is 0 Å². The van der Waals surface area contributed by atoms with Crippen molar-refractivity contribution < 1.29 is 20.1 Å². The lowest BCUT2D eigenvalue weighted by atomic mass is 9.56. The number of ether oxygens (including phenoxy) is 1. The standard InChI is InChI=1S/C22H27NO4/c1-23-12-21(14-24)18(16-8-4-2-5-9-16)27-19(17-10-6-3-7-11-17)22(13-23,15-25)20(21)26/h2-11,18-20,24-26H,12-15H2,1H3/t18-,19+,20?,21-,22-/m0/s1. The molecular weight excluding hydrogens is 342 g/mol. The van der Waals surface area contributed by atoms with E-state index in [1.807, 2.05) is 67.7 Å². The van der Waals surface area contributed by atoms with Gasteiger partial charge in [-0.3, -0.25) is 0 Å². The molecule has 2 bridgehead atoms. The van der Waals surface area contributed by atoms with E-state index < -0.39 is 29.1 Å². The molecule has 4 rings (SSSR count). The zero-order valence-corrected chi connectivity index (χ0v) is 15.5. The van der Waals surface area contributed by atoms with Gasteiger partial charge in [0.25, 0.3) is 0 Å². The lowest BCUT2D eigenvalue weighted by Gasteiger charge is -2.63. The molecule has 2 aromatic rings. The van der Waals surface area contributed by atoms with Crippen LogP contribution in [-0.4, -0.2) is 59.7 Å². The third-order valence-corrected chi connectivity index (χ3v) is 6.33. The van der Waals surface area contributed by atoms with Gasteiger partial charge in [0.2, 0.25) is 0 Å². The third-order valence-electron chi connectivity index (χ3n) is 6.33. The van der Waals surface area contributed by atoms with Gasteiger partial charge in [-0.15, -0.1) is 0 Å². The molecule has 0 amide bonds. The minimum absolute atomic E-state index is 0.221. The number of hydrogen-bond donors (Lipinski definition) is 3. The number of fused-ring (bicyclic) bond motifs is 2. The van der Waals surface area contributed by atoms with Crippen LogP contribution in [0, 0.1) is 10.8 Å². The Bertz CT molecular complexity index is 707. The summed E-state index contributed by atoms with van der Waals surface area (Å²) in [6.45, 7) is 0.545. The topological polar surface area (TPSA) is 73.2 Å². The normalized spacial score (nSPS) is 36.5. The molecule has 2 heterocycles. The molecule has 1 unspecified atom stereocenters. The zero-order chi connectivity index (χ0) is 19.1. The van der Waals surface area contributed by atoms with Crippen LogP contribution in [-0.2, 0) is 4.74 Å². The lowest BCUT2D eigenvalue weighted by molar-refractivity contribution is -0.310. The summed E-state index contributed by atoms with van der Waals surface area (Å²) in [5.74, 6) is 0. The molecule has 3 N–H and O–H groups in total. The highest BCUT2D eigenvalue weighted by Crippen LogP contribution is 2.60. The van der Waals surface area contributed by atoms with Crippen molar-refractivity contribution >= 4 is 0 Å². The van der Waals surface area contributed by atoms with Crippen molar-refractivity contribution in [1.82, 2.24) is 4.90 Å². The van der Waals surface area contributed by atoms with Crippen LogP contribution in [0.3, 0.4) is 0 Å². The molecule has 5 heteroatoms. The second-order valence-corrected chi connectivity index (χ2v) is 8.07. The molecule has 0 aliphatic carbocycles. The van der Waals surface area contributed by atoms with E-state index in [-0.39, 0.29) is 13.2 Å². The van der Waals surface area contributed by atoms with Gasteiger partial charge < -0.3 is 25.0 Å². The molecule has 2 saturated heterocycles. The molecule has 0 saturated carbocycles. The van der Waals surface area contributed by atoms with Crippen LogP contribution in [0.15, 0.2) is 60.7 Å². The molecule has 5 atom stereocenters. The summed E-state index contributed by atoms with van der Waals surface area (Å²) in [4.78, 5) is 2.09. The average molecular weight is 369 g/mol. The highest BCUT2D eigenvalue weighted by molar-refractivity contribution is 5.30. The summed E-state index contributed by atoms with van der Waals surface area (Å²) in [7, 11) is 1.97. The van der Waals surface area contributed by atoms with Crippen LogP contribution in [0.2, 0.25) is 0 Å². The monoisotopic (exact) mass is 369 g/mol. The van der Waals surface area contributed by atoms with Crippen molar-refractivity contribution in [1.29, 1.82) is 0 Å². The molecule has 0 spiro atoms. The summed E-state index contributed by atoms with van der Waals surface area (Å²) in [5, 5.41) is 32.4. The van der Waals surface area contributed by atoms with E-state index in [2.05, 4.69) is 4.90 Å². The fourth-order valence-electron chi connectivity index (χ4n) is 5.18. The molecule has 144 valence electrons. The zero-order valence-electron chi connectivity index (χ0n) is 15.5. The second kappa shape index (κ2) is 7.00. The van der Waals surface area contributed by atoms with E-state index in [0.29, 0.717) is 13.1 Å². The van der Waals surface area contributed by atoms with Crippen molar-refractivity contribution in [3.63, 3.8) is 0 Å². The van der Waals surface area contributed by atoms with Crippen molar-refractivity contribution in [2.45, 2.75) is 18.3 Å². The van der Waals surface area contributed by atoms with Gasteiger partial charge in [-0.25, -0.2) is 0 Å². The lowest BCUT2D eigenvalue weighted by Crippen LogP contribution is -2.71. The fourth-order valence-corrected chi connectivity index (χ4v) is 5.18. The Morgan fingerprint density at radius 1 is 0.852 bits per heavy atom. The maximum Gasteiger partial charge on any atom is 0.0949 e. The summed E-state index contributed by atoms with van der Waals surface area (Å²) >= 11 is 0. The average Bonchev–Trinajstić information content (AvgIpc) is 2.71. The molecule has 5 nitrogen and oxygen atoms in total. The number of benzene rings is 2. The Morgan fingerprint density at radius 2 is 1.26 bits per heavy atom. The first-order valence-electron chi connectivity index (χ1n) is 9.41. The molecule has 0 aromatic heterocycles. The van der Waals surface area contributed by atoms with Gasteiger partial charge in [-0.1, -0.05) is 60.7 Å². The van der Waals surface area contributed by atoms with Gasteiger partial charge in [0, 0.05) is 13.1 Å².